The molecule has 0 aliphatic heterocycles. The molecule has 0 aliphatic carbocycles. The molecule has 0 radical (unpaired) electrons. The summed E-state index contributed by atoms with van der Waals surface area (Å²) in [6, 6.07) is 16.8. The number of amides is 1. The lowest BCUT2D eigenvalue weighted by atomic mass is 10.1. The molecule has 3 rings (SSSR count). The van der Waals surface area contributed by atoms with Crippen LogP contribution in [0.5, 0.6) is 5.75 Å². The van der Waals surface area contributed by atoms with E-state index in [0.717, 1.165) is 23.4 Å². The van der Waals surface area contributed by atoms with Crippen molar-refractivity contribution in [1.29, 1.82) is 0 Å². The molecule has 2 aromatic carbocycles. The molecule has 1 amide bonds. The summed E-state index contributed by atoms with van der Waals surface area (Å²) < 4.78 is 6.73. The average molecular weight is 356 g/mol. The molecule has 6 heteroatoms. The van der Waals surface area contributed by atoms with Gasteiger partial charge in [-0.2, -0.15) is 5.10 Å². The van der Waals surface area contributed by atoms with Crippen molar-refractivity contribution in [2.24, 2.45) is 0 Å². The number of rotatable bonds is 6. The molecule has 1 heterocycles. The van der Waals surface area contributed by atoms with E-state index < -0.39 is 0 Å². The van der Waals surface area contributed by atoms with Gasteiger partial charge in [0.05, 0.1) is 17.8 Å². The zero-order valence-electron chi connectivity index (χ0n) is 13.8. The Morgan fingerprint density at radius 3 is 2.64 bits per heavy atom. The summed E-state index contributed by atoms with van der Waals surface area (Å²) in [5.74, 6) is 0.609. The van der Waals surface area contributed by atoms with Crippen LogP contribution < -0.4 is 10.1 Å². The van der Waals surface area contributed by atoms with Crippen molar-refractivity contribution in [2.45, 2.75) is 6.42 Å². The number of hydrogen-bond acceptors (Lipinski definition) is 3. The minimum atomic E-state index is -0.209. The second-order valence-electron chi connectivity index (χ2n) is 5.45. The summed E-state index contributed by atoms with van der Waals surface area (Å²) in [7, 11) is 1.64. The molecule has 0 saturated carbocycles. The van der Waals surface area contributed by atoms with Gasteiger partial charge in [-0.25, -0.2) is 4.68 Å². The number of benzene rings is 2. The van der Waals surface area contributed by atoms with Crippen molar-refractivity contribution in [3.63, 3.8) is 0 Å². The van der Waals surface area contributed by atoms with Gasteiger partial charge in [-0.15, -0.1) is 0 Å². The third-order valence-corrected chi connectivity index (χ3v) is 4.10. The highest BCUT2D eigenvalue weighted by atomic mass is 35.5. The Balaban J connectivity index is 1.57. The molecule has 3 aromatic rings. The Kier molecular flexibility index (Phi) is 5.36. The van der Waals surface area contributed by atoms with E-state index in [0.29, 0.717) is 17.3 Å². The maximum atomic E-state index is 12.2. The molecule has 0 aliphatic rings. The van der Waals surface area contributed by atoms with E-state index in [-0.39, 0.29) is 5.91 Å². The topological polar surface area (TPSA) is 56.1 Å². The number of para-hydroxylation sites is 1. The molecule has 1 aromatic heterocycles. The number of nitrogens with zero attached hydrogens (tertiary/aromatic N) is 2. The number of carbonyl (C=O) groups excluding carboxylic acids is 1. The molecule has 128 valence electrons. The highest BCUT2D eigenvalue weighted by Crippen LogP contribution is 2.19. The highest BCUT2D eigenvalue weighted by Gasteiger charge is 2.11. The SMILES string of the molecule is COc1ccc(CCNC(=O)c2ccn(-c3ccccc3Cl)n2)cc1. The fourth-order valence-electron chi connectivity index (χ4n) is 2.42. The number of hydrogen-bond donors (Lipinski definition) is 1. The van der Waals surface area contributed by atoms with Crippen molar-refractivity contribution < 1.29 is 9.53 Å². The third-order valence-electron chi connectivity index (χ3n) is 3.78. The summed E-state index contributed by atoms with van der Waals surface area (Å²) in [4.78, 5) is 12.2. The van der Waals surface area contributed by atoms with Crippen LogP contribution in [0, 0.1) is 0 Å². The zero-order valence-corrected chi connectivity index (χ0v) is 14.5. The van der Waals surface area contributed by atoms with Crippen LogP contribution >= 0.6 is 11.6 Å². The number of ether oxygens (including phenoxy) is 1. The molecule has 0 bridgehead atoms. The Labute approximate surface area is 151 Å². The van der Waals surface area contributed by atoms with Crippen LogP contribution in [-0.4, -0.2) is 29.3 Å². The first-order valence-electron chi connectivity index (χ1n) is 7.89. The first-order valence-corrected chi connectivity index (χ1v) is 8.27. The average Bonchev–Trinajstić information content (AvgIpc) is 3.12. The van der Waals surface area contributed by atoms with E-state index in [1.54, 1.807) is 30.1 Å². The van der Waals surface area contributed by atoms with Crippen molar-refractivity contribution in [2.75, 3.05) is 13.7 Å². The second kappa shape index (κ2) is 7.85. The molecule has 0 atom stereocenters. The van der Waals surface area contributed by atoms with E-state index in [4.69, 9.17) is 16.3 Å². The van der Waals surface area contributed by atoms with E-state index in [2.05, 4.69) is 10.4 Å². The van der Waals surface area contributed by atoms with E-state index in [1.165, 1.54) is 0 Å². The van der Waals surface area contributed by atoms with Crippen molar-refractivity contribution >= 4 is 17.5 Å². The van der Waals surface area contributed by atoms with Gasteiger partial charge in [-0.3, -0.25) is 4.79 Å². The smallest absolute Gasteiger partial charge is 0.271 e. The molecule has 1 N–H and O–H groups in total. The second-order valence-corrected chi connectivity index (χ2v) is 5.86. The summed E-state index contributed by atoms with van der Waals surface area (Å²) >= 11 is 6.15. The highest BCUT2D eigenvalue weighted by molar-refractivity contribution is 6.32. The van der Waals surface area contributed by atoms with Gasteiger partial charge in [0.1, 0.15) is 5.75 Å². The number of nitrogens with one attached hydrogen (secondary N) is 1. The van der Waals surface area contributed by atoms with Gasteiger partial charge in [0.25, 0.3) is 5.91 Å². The summed E-state index contributed by atoms with van der Waals surface area (Å²) in [6.07, 6.45) is 2.46. The Bertz CT molecular complexity index is 859. The van der Waals surface area contributed by atoms with Gasteiger partial charge in [0, 0.05) is 12.7 Å². The molecular weight excluding hydrogens is 338 g/mol. The van der Waals surface area contributed by atoms with Crippen LogP contribution in [0.3, 0.4) is 0 Å². The van der Waals surface area contributed by atoms with Crippen molar-refractivity contribution in [1.82, 2.24) is 15.1 Å². The fourth-order valence-corrected chi connectivity index (χ4v) is 2.64. The van der Waals surface area contributed by atoms with Crippen LogP contribution in [0.4, 0.5) is 0 Å². The van der Waals surface area contributed by atoms with Gasteiger partial charge >= 0.3 is 0 Å². The van der Waals surface area contributed by atoms with E-state index in [9.17, 15) is 4.79 Å². The van der Waals surface area contributed by atoms with Crippen LogP contribution in [0.2, 0.25) is 5.02 Å². The number of aromatic nitrogens is 2. The van der Waals surface area contributed by atoms with Gasteiger partial charge in [0.2, 0.25) is 0 Å². The third kappa shape index (κ3) is 4.19. The molecule has 0 saturated heterocycles. The summed E-state index contributed by atoms with van der Waals surface area (Å²) in [5.41, 5.74) is 2.22. The lowest BCUT2D eigenvalue weighted by Crippen LogP contribution is -2.26. The first-order chi connectivity index (χ1) is 12.2. The van der Waals surface area contributed by atoms with E-state index >= 15 is 0 Å². The summed E-state index contributed by atoms with van der Waals surface area (Å²) in [6.45, 7) is 0.532. The van der Waals surface area contributed by atoms with Gasteiger partial charge < -0.3 is 10.1 Å². The Morgan fingerprint density at radius 2 is 1.92 bits per heavy atom. The summed E-state index contributed by atoms with van der Waals surface area (Å²) in [5, 5.41) is 7.75. The largest absolute Gasteiger partial charge is 0.497 e. The predicted molar refractivity (Wildman–Crippen MR) is 97.6 cm³/mol. The first kappa shape index (κ1) is 17.0. The van der Waals surface area contributed by atoms with Gasteiger partial charge in [0.15, 0.2) is 5.69 Å². The van der Waals surface area contributed by atoms with Gasteiger partial charge in [-0.1, -0.05) is 35.9 Å². The maximum Gasteiger partial charge on any atom is 0.271 e. The predicted octanol–water partition coefficient (Wildman–Crippen LogP) is 3.51. The molecule has 5 nitrogen and oxygen atoms in total. The normalized spacial score (nSPS) is 10.5. The van der Waals surface area contributed by atoms with Crippen molar-refractivity contribution in [3.05, 3.63) is 77.1 Å². The number of carbonyl (C=O) groups is 1. The fraction of sp³-hybridized carbons (Fsp3) is 0.158. The standard InChI is InChI=1S/C19H18ClN3O2/c1-25-15-8-6-14(7-9-15)10-12-21-19(24)17-11-13-23(22-17)18-5-3-2-4-16(18)20/h2-9,11,13H,10,12H2,1H3,(H,21,24). The molecule has 0 unspecified atom stereocenters. The number of methoxy groups -OCH3 is 1. The van der Waals surface area contributed by atoms with Crippen LogP contribution in [0.25, 0.3) is 5.69 Å². The minimum Gasteiger partial charge on any atom is -0.497 e. The Hall–Kier alpha value is -2.79. The molecule has 0 spiro atoms. The Morgan fingerprint density at radius 1 is 1.16 bits per heavy atom. The van der Waals surface area contributed by atoms with E-state index in [1.807, 2.05) is 42.5 Å². The minimum absolute atomic E-state index is 0.209. The molecule has 25 heavy (non-hydrogen) atoms. The number of halogens is 1. The lowest BCUT2D eigenvalue weighted by molar-refractivity contribution is 0.0948. The zero-order chi connectivity index (χ0) is 17.6. The van der Waals surface area contributed by atoms with Crippen LogP contribution in [-0.2, 0) is 6.42 Å². The molecular formula is C19H18ClN3O2. The lowest BCUT2D eigenvalue weighted by Gasteiger charge is -2.05. The van der Waals surface area contributed by atoms with Crippen LogP contribution in [0.15, 0.2) is 60.8 Å². The van der Waals surface area contributed by atoms with Crippen molar-refractivity contribution in [3.8, 4) is 11.4 Å². The monoisotopic (exact) mass is 355 g/mol. The molecule has 0 fully saturated rings. The van der Waals surface area contributed by atoms with Crippen LogP contribution in [0.1, 0.15) is 16.1 Å². The quantitative estimate of drug-likeness (QED) is 0.736. The van der Waals surface area contributed by atoms with Gasteiger partial charge in [-0.05, 0) is 42.3 Å². The maximum absolute atomic E-state index is 12.2.